The van der Waals surface area contributed by atoms with Crippen LogP contribution in [0.3, 0.4) is 0 Å². The molecule has 0 spiro atoms. The van der Waals surface area contributed by atoms with Crippen LogP contribution >= 0.6 is 0 Å². The van der Waals surface area contributed by atoms with Crippen LogP contribution < -0.4 is 20.1 Å². The Morgan fingerprint density at radius 1 is 1.00 bits per heavy atom. The number of benzene rings is 2. The van der Waals surface area contributed by atoms with Crippen LogP contribution in [0, 0.1) is 0 Å². The molecule has 5 rings (SSSR count). The molecule has 3 heterocycles. The van der Waals surface area contributed by atoms with Crippen molar-refractivity contribution in [3.8, 4) is 11.5 Å². The Balaban J connectivity index is 1.10. The Labute approximate surface area is 205 Å². The number of rotatable bonds is 8. The van der Waals surface area contributed by atoms with Gasteiger partial charge in [-0.2, -0.15) is 0 Å². The third kappa shape index (κ3) is 6.15. The maximum absolute atomic E-state index is 12.6. The zero-order valence-electron chi connectivity index (χ0n) is 20.0. The summed E-state index contributed by atoms with van der Waals surface area (Å²) in [4.78, 5) is 17.3. The highest BCUT2D eigenvalue weighted by molar-refractivity contribution is 5.91. The third-order valence-corrected chi connectivity index (χ3v) is 6.35. The first-order valence-electron chi connectivity index (χ1n) is 12.1. The summed E-state index contributed by atoms with van der Waals surface area (Å²) in [5.74, 6) is 2.25. The van der Waals surface area contributed by atoms with E-state index in [9.17, 15) is 4.79 Å². The van der Waals surface area contributed by atoms with Gasteiger partial charge in [-0.3, -0.25) is 9.69 Å². The summed E-state index contributed by atoms with van der Waals surface area (Å²) < 4.78 is 17.8. The maximum atomic E-state index is 12.6. The minimum Gasteiger partial charge on any atom is -0.486 e. The monoisotopic (exact) mass is 476 g/mol. The molecule has 35 heavy (non-hydrogen) atoms. The van der Waals surface area contributed by atoms with E-state index < -0.39 is 0 Å². The van der Waals surface area contributed by atoms with Gasteiger partial charge < -0.3 is 29.4 Å². The largest absolute Gasteiger partial charge is 0.486 e. The van der Waals surface area contributed by atoms with Crippen molar-refractivity contribution in [2.45, 2.75) is 19.2 Å². The molecule has 0 aliphatic carbocycles. The molecule has 1 fully saturated rings. The van der Waals surface area contributed by atoms with Gasteiger partial charge in [0.15, 0.2) is 17.3 Å². The second-order valence-electron chi connectivity index (χ2n) is 9.11. The zero-order chi connectivity index (χ0) is 24.0. The van der Waals surface area contributed by atoms with Crippen LogP contribution in [0.1, 0.15) is 21.9 Å². The highest BCUT2D eigenvalue weighted by Gasteiger charge is 2.23. The molecule has 0 saturated carbocycles. The van der Waals surface area contributed by atoms with Crippen LogP contribution in [0.2, 0.25) is 0 Å². The Hall–Kier alpha value is -3.49. The summed E-state index contributed by atoms with van der Waals surface area (Å²) in [5, 5.41) is 6.32. The first kappa shape index (κ1) is 23.3. The highest BCUT2D eigenvalue weighted by Crippen LogP contribution is 2.34. The lowest BCUT2D eigenvalue weighted by Crippen LogP contribution is -2.43. The SMILES string of the molecule is CN1CCN(Cc2ccc(C(=O)NC[C@@H]3COc4ccc(NCc5ccccc5)cc4O3)o2)CC1. The minimum atomic E-state index is -0.282. The Bertz CT molecular complexity index is 1130. The molecule has 0 radical (unpaired) electrons. The van der Waals surface area contributed by atoms with E-state index in [4.69, 9.17) is 13.9 Å². The van der Waals surface area contributed by atoms with Gasteiger partial charge >= 0.3 is 0 Å². The van der Waals surface area contributed by atoms with Gasteiger partial charge in [0.25, 0.3) is 5.91 Å². The molecule has 1 atom stereocenters. The van der Waals surface area contributed by atoms with Crippen molar-refractivity contribution >= 4 is 11.6 Å². The smallest absolute Gasteiger partial charge is 0.287 e. The van der Waals surface area contributed by atoms with E-state index in [1.807, 2.05) is 42.5 Å². The number of nitrogens with one attached hydrogen (secondary N) is 2. The molecule has 0 unspecified atom stereocenters. The maximum Gasteiger partial charge on any atom is 0.287 e. The summed E-state index contributed by atoms with van der Waals surface area (Å²) in [7, 11) is 2.13. The first-order chi connectivity index (χ1) is 17.1. The van der Waals surface area contributed by atoms with Gasteiger partial charge in [0.2, 0.25) is 0 Å². The molecule has 1 aromatic heterocycles. The summed E-state index contributed by atoms with van der Waals surface area (Å²) in [6, 6.07) is 19.7. The Kier molecular flexibility index (Phi) is 7.20. The van der Waals surface area contributed by atoms with Gasteiger partial charge in [0.05, 0.1) is 13.1 Å². The van der Waals surface area contributed by atoms with Crippen molar-refractivity contribution in [3.63, 3.8) is 0 Å². The fourth-order valence-electron chi connectivity index (χ4n) is 4.23. The lowest BCUT2D eigenvalue weighted by atomic mass is 10.2. The highest BCUT2D eigenvalue weighted by atomic mass is 16.6. The van der Waals surface area contributed by atoms with Crippen molar-refractivity contribution in [2.75, 3.05) is 51.7 Å². The van der Waals surface area contributed by atoms with Gasteiger partial charge in [-0.15, -0.1) is 0 Å². The van der Waals surface area contributed by atoms with Crippen molar-refractivity contribution in [1.29, 1.82) is 0 Å². The van der Waals surface area contributed by atoms with Crippen LogP contribution in [0.15, 0.2) is 65.1 Å². The molecule has 2 aliphatic heterocycles. The lowest BCUT2D eigenvalue weighted by molar-refractivity contribution is 0.0770. The molecule has 1 amide bonds. The second-order valence-corrected chi connectivity index (χ2v) is 9.11. The number of nitrogens with zero attached hydrogens (tertiary/aromatic N) is 2. The fourth-order valence-corrected chi connectivity index (χ4v) is 4.23. The molecule has 8 nitrogen and oxygen atoms in total. The van der Waals surface area contributed by atoms with Crippen molar-refractivity contribution in [3.05, 3.63) is 77.7 Å². The molecule has 184 valence electrons. The number of hydrogen-bond donors (Lipinski definition) is 2. The number of furan rings is 1. The standard InChI is InChI=1S/C27H32N4O4/c1-30-11-13-31(14-12-30)18-22-8-10-25(34-22)27(32)29-17-23-19-33-24-9-7-21(15-26(24)35-23)28-16-20-5-3-2-4-6-20/h2-10,15,23,28H,11-14,16-19H2,1H3,(H,29,32)/t23-/m1/s1. The van der Waals surface area contributed by atoms with Crippen LogP contribution in [-0.4, -0.2) is 68.2 Å². The van der Waals surface area contributed by atoms with E-state index >= 15 is 0 Å². The second kappa shape index (κ2) is 10.8. The summed E-state index contributed by atoms with van der Waals surface area (Å²) in [5.41, 5.74) is 2.15. The van der Waals surface area contributed by atoms with Gasteiger partial charge in [0.1, 0.15) is 18.5 Å². The van der Waals surface area contributed by atoms with Gasteiger partial charge in [0, 0.05) is 44.5 Å². The van der Waals surface area contributed by atoms with E-state index in [2.05, 4.69) is 39.6 Å². The van der Waals surface area contributed by atoms with Crippen LogP contribution in [0.4, 0.5) is 5.69 Å². The molecular formula is C27H32N4O4. The van der Waals surface area contributed by atoms with E-state index in [1.54, 1.807) is 6.07 Å². The summed E-state index contributed by atoms with van der Waals surface area (Å²) >= 11 is 0. The van der Waals surface area contributed by atoms with Crippen LogP contribution in [-0.2, 0) is 13.1 Å². The number of carbonyl (C=O) groups excluding carboxylic acids is 1. The van der Waals surface area contributed by atoms with Crippen molar-refractivity contribution < 1.29 is 18.7 Å². The molecule has 2 aromatic carbocycles. The number of anilines is 1. The molecule has 1 saturated heterocycles. The Morgan fingerprint density at radius 2 is 1.83 bits per heavy atom. The number of piperazine rings is 1. The molecule has 8 heteroatoms. The average molecular weight is 477 g/mol. The normalized spacial score (nSPS) is 18.3. The minimum absolute atomic E-state index is 0.248. The first-order valence-corrected chi connectivity index (χ1v) is 12.1. The fraction of sp³-hybridized carbons (Fsp3) is 0.370. The van der Waals surface area contributed by atoms with Crippen molar-refractivity contribution in [2.24, 2.45) is 0 Å². The van der Waals surface area contributed by atoms with Crippen LogP contribution in [0.25, 0.3) is 0 Å². The zero-order valence-corrected chi connectivity index (χ0v) is 20.0. The van der Waals surface area contributed by atoms with Crippen molar-refractivity contribution in [1.82, 2.24) is 15.1 Å². The number of likely N-dealkylation sites (N-methyl/N-ethyl adjacent to an activating group) is 1. The molecule has 0 bridgehead atoms. The number of ether oxygens (including phenoxy) is 2. The third-order valence-electron chi connectivity index (χ3n) is 6.35. The summed E-state index contributed by atoms with van der Waals surface area (Å²) in [6.07, 6.45) is -0.282. The lowest BCUT2D eigenvalue weighted by Gasteiger charge is -2.31. The summed E-state index contributed by atoms with van der Waals surface area (Å²) in [6.45, 7) is 6.24. The molecule has 3 aromatic rings. The topological polar surface area (TPSA) is 79.2 Å². The number of carbonyl (C=O) groups is 1. The van der Waals surface area contributed by atoms with Gasteiger partial charge in [-0.25, -0.2) is 0 Å². The van der Waals surface area contributed by atoms with E-state index in [0.717, 1.165) is 50.7 Å². The number of amides is 1. The molecule has 2 aliphatic rings. The van der Waals surface area contributed by atoms with E-state index in [1.165, 1.54) is 5.56 Å². The number of hydrogen-bond acceptors (Lipinski definition) is 7. The van der Waals surface area contributed by atoms with Gasteiger partial charge in [-0.05, 0) is 36.9 Å². The van der Waals surface area contributed by atoms with E-state index in [-0.39, 0.29) is 12.0 Å². The van der Waals surface area contributed by atoms with Gasteiger partial charge in [-0.1, -0.05) is 30.3 Å². The molecular weight excluding hydrogens is 444 g/mol. The average Bonchev–Trinajstić information content (AvgIpc) is 3.36. The predicted molar refractivity (Wildman–Crippen MR) is 134 cm³/mol. The van der Waals surface area contributed by atoms with E-state index in [0.29, 0.717) is 30.4 Å². The quantitative estimate of drug-likeness (QED) is 0.517. The van der Waals surface area contributed by atoms with Crippen LogP contribution in [0.5, 0.6) is 11.5 Å². The predicted octanol–water partition coefficient (Wildman–Crippen LogP) is 3.21. The Morgan fingerprint density at radius 3 is 2.66 bits per heavy atom. The number of fused-ring (bicyclic) bond motifs is 1. The molecule has 2 N–H and O–H groups in total.